The molecule has 0 amide bonds. The molecular formula is C11H13F2N3S. The minimum absolute atomic E-state index is 0.137. The van der Waals surface area contributed by atoms with Crippen molar-refractivity contribution in [3.05, 3.63) is 40.6 Å². The highest BCUT2D eigenvalue weighted by atomic mass is 32.1. The molecule has 2 heterocycles. The summed E-state index contributed by atoms with van der Waals surface area (Å²) in [6, 6.07) is 4.12. The lowest BCUT2D eigenvalue weighted by Crippen LogP contribution is -2.20. The summed E-state index contributed by atoms with van der Waals surface area (Å²) in [6.45, 7) is -0.205. The maximum atomic E-state index is 12.6. The van der Waals surface area contributed by atoms with E-state index in [1.807, 2.05) is 24.4 Å². The van der Waals surface area contributed by atoms with Crippen LogP contribution in [0.25, 0.3) is 0 Å². The fourth-order valence-electron chi connectivity index (χ4n) is 1.54. The average molecular weight is 257 g/mol. The van der Waals surface area contributed by atoms with Crippen molar-refractivity contribution in [2.75, 3.05) is 0 Å². The van der Waals surface area contributed by atoms with Crippen molar-refractivity contribution in [2.24, 2.45) is 0 Å². The van der Waals surface area contributed by atoms with Crippen molar-refractivity contribution >= 4 is 11.3 Å². The Morgan fingerprint density at radius 1 is 1.53 bits per heavy atom. The molecule has 6 heteroatoms. The number of rotatable bonds is 5. The summed E-state index contributed by atoms with van der Waals surface area (Å²) in [7, 11) is 0. The zero-order valence-electron chi connectivity index (χ0n) is 9.31. The first-order valence-electron chi connectivity index (χ1n) is 5.25. The van der Waals surface area contributed by atoms with Gasteiger partial charge >= 0.3 is 6.55 Å². The Labute approximate surface area is 102 Å². The molecule has 0 saturated carbocycles. The van der Waals surface area contributed by atoms with E-state index in [0.29, 0.717) is 12.4 Å². The molecule has 2 rings (SSSR count). The molecule has 2 aromatic rings. The van der Waals surface area contributed by atoms with Gasteiger partial charge in [0.2, 0.25) is 0 Å². The topological polar surface area (TPSA) is 29.9 Å². The first-order chi connectivity index (χ1) is 8.18. The maximum Gasteiger partial charge on any atom is 0.319 e. The molecule has 92 valence electrons. The molecular weight excluding hydrogens is 244 g/mol. The lowest BCUT2D eigenvalue weighted by Gasteiger charge is -2.12. The number of imidazole rings is 1. The molecule has 0 bridgehead atoms. The maximum absolute atomic E-state index is 12.6. The molecule has 17 heavy (non-hydrogen) atoms. The van der Waals surface area contributed by atoms with Gasteiger partial charge in [0.15, 0.2) is 0 Å². The van der Waals surface area contributed by atoms with Crippen LogP contribution in [0.4, 0.5) is 8.78 Å². The molecule has 0 radical (unpaired) electrons. The summed E-state index contributed by atoms with van der Waals surface area (Å²) < 4.78 is 26.0. The monoisotopic (exact) mass is 257 g/mol. The van der Waals surface area contributed by atoms with E-state index >= 15 is 0 Å². The predicted octanol–water partition coefficient (Wildman–Crippen LogP) is 3.19. The van der Waals surface area contributed by atoms with E-state index in [-0.39, 0.29) is 6.04 Å². The van der Waals surface area contributed by atoms with Crippen LogP contribution in [0.3, 0.4) is 0 Å². The van der Waals surface area contributed by atoms with Gasteiger partial charge in [0.1, 0.15) is 5.82 Å². The van der Waals surface area contributed by atoms with E-state index in [9.17, 15) is 8.78 Å². The molecule has 0 spiro atoms. The highest BCUT2D eigenvalue weighted by molar-refractivity contribution is 7.10. The Morgan fingerprint density at radius 3 is 3.00 bits per heavy atom. The van der Waals surface area contributed by atoms with Gasteiger partial charge in [0.05, 0.1) is 6.54 Å². The van der Waals surface area contributed by atoms with Crippen LogP contribution < -0.4 is 5.32 Å². The lowest BCUT2D eigenvalue weighted by atomic mass is 10.3. The van der Waals surface area contributed by atoms with Crippen LogP contribution in [0.15, 0.2) is 29.9 Å². The highest BCUT2D eigenvalue weighted by Crippen LogP contribution is 2.19. The summed E-state index contributed by atoms with van der Waals surface area (Å²) in [6.07, 6.45) is 2.68. The van der Waals surface area contributed by atoms with Crippen LogP contribution in [0.1, 0.15) is 30.2 Å². The summed E-state index contributed by atoms with van der Waals surface area (Å²) in [5.74, 6) is 0.350. The number of thiophene rings is 1. The van der Waals surface area contributed by atoms with Crippen LogP contribution in [0, 0.1) is 0 Å². The second-order valence-electron chi connectivity index (χ2n) is 3.65. The minimum atomic E-state index is -2.54. The van der Waals surface area contributed by atoms with Gasteiger partial charge in [0.25, 0.3) is 0 Å². The Balaban J connectivity index is 1.96. The molecule has 1 N–H and O–H groups in total. The Bertz CT molecular complexity index is 453. The normalized spacial score (nSPS) is 13.2. The van der Waals surface area contributed by atoms with Gasteiger partial charge in [-0.05, 0) is 18.4 Å². The van der Waals surface area contributed by atoms with Gasteiger partial charge in [-0.25, -0.2) is 4.98 Å². The van der Waals surface area contributed by atoms with Crippen molar-refractivity contribution in [3.63, 3.8) is 0 Å². The third kappa shape index (κ3) is 2.89. The van der Waals surface area contributed by atoms with Crippen molar-refractivity contribution < 1.29 is 8.78 Å². The van der Waals surface area contributed by atoms with E-state index in [1.165, 1.54) is 17.3 Å². The largest absolute Gasteiger partial charge is 0.319 e. The zero-order chi connectivity index (χ0) is 12.3. The Kier molecular flexibility index (Phi) is 3.86. The van der Waals surface area contributed by atoms with Crippen LogP contribution in [0.2, 0.25) is 0 Å². The van der Waals surface area contributed by atoms with E-state index in [2.05, 4.69) is 10.3 Å². The Morgan fingerprint density at radius 2 is 2.35 bits per heavy atom. The zero-order valence-corrected chi connectivity index (χ0v) is 10.1. The van der Waals surface area contributed by atoms with Gasteiger partial charge in [-0.15, -0.1) is 11.3 Å². The summed E-state index contributed by atoms with van der Waals surface area (Å²) in [5.41, 5.74) is 0. The molecule has 0 unspecified atom stereocenters. The Hall–Kier alpha value is -1.27. The second kappa shape index (κ2) is 5.37. The van der Waals surface area contributed by atoms with Gasteiger partial charge in [0, 0.05) is 23.3 Å². The minimum Gasteiger partial charge on any atom is -0.302 e. The number of hydrogen-bond acceptors (Lipinski definition) is 3. The van der Waals surface area contributed by atoms with E-state index in [0.717, 1.165) is 4.57 Å². The van der Waals surface area contributed by atoms with Gasteiger partial charge in [-0.2, -0.15) is 8.78 Å². The fourth-order valence-corrected chi connectivity index (χ4v) is 2.30. The molecule has 0 aliphatic rings. The first-order valence-corrected chi connectivity index (χ1v) is 6.13. The lowest BCUT2D eigenvalue weighted by molar-refractivity contribution is 0.0665. The number of hydrogen-bond donors (Lipinski definition) is 1. The number of aromatic nitrogens is 2. The highest BCUT2D eigenvalue weighted by Gasteiger charge is 2.12. The van der Waals surface area contributed by atoms with Crippen LogP contribution in [-0.2, 0) is 6.54 Å². The van der Waals surface area contributed by atoms with Crippen molar-refractivity contribution in [1.29, 1.82) is 0 Å². The predicted molar refractivity (Wildman–Crippen MR) is 63.1 cm³/mol. The third-order valence-electron chi connectivity index (χ3n) is 2.50. The summed E-state index contributed by atoms with van der Waals surface area (Å²) in [4.78, 5) is 5.10. The first kappa shape index (κ1) is 12.2. The average Bonchev–Trinajstić information content (AvgIpc) is 2.96. The standard InChI is InChI=1S/C11H13F2N3S/c1-8(9-3-2-6-17-9)15-7-10-14-4-5-16(10)11(12)13/h2-6,8,11,15H,7H2,1H3/t8-/m0/s1. The molecule has 0 saturated heterocycles. The van der Waals surface area contributed by atoms with Gasteiger partial charge in [-0.1, -0.05) is 6.07 Å². The van der Waals surface area contributed by atoms with Crippen LogP contribution in [0.5, 0.6) is 0 Å². The molecule has 1 atom stereocenters. The molecule has 0 aromatic carbocycles. The number of alkyl halides is 2. The molecule has 0 fully saturated rings. The summed E-state index contributed by atoms with van der Waals surface area (Å²) >= 11 is 1.64. The molecule has 3 nitrogen and oxygen atoms in total. The molecule has 2 aromatic heterocycles. The van der Waals surface area contributed by atoms with Crippen molar-refractivity contribution in [1.82, 2.24) is 14.9 Å². The van der Waals surface area contributed by atoms with Crippen LogP contribution >= 0.6 is 11.3 Å². The fraction of sp³-hybridized carbons (Fsp3) is 0.364. The SMILES string of the molecule is C[C@H](NCc1nccn1C(F)F)c1cccs1. The van der Waals surface area contributed by atoms with Gasteiger partial charge in [-0.3, -0.25) is 4.57 Å². The van der Waals surface area contributed by atoms with Gasteiger partial charge < -0.3 is 5.32 Å². The molecule has 0 aliphatic heterocycles. The number of nitrogens with zero attached hydrogens (tertiary/aromatic N) is 2. The van der Waals surface area contributed by atoms with E-state index in [4.69, 9.17) is 0 Å². The van der Waals surface area contributed by atoms with Crippen molar-refractivity contribution in [3.8, 4) is 0 Å². The summed E-state index contributed by atoms with van der Waals surface area (Å²) in [5, 5.41) is 5.17. The van der Waals surface area contributed by atoms with Crippen LogP contribution in [-0.4, -0.2) is 9.55 Å². The molecule has 0 aliphatic carbocycles. The smallest absolute Gasteiger partial charge is 0.302 e. The van der Waals surface area contributed by atoms with E-state index < -0.39 is 6.55 Å². The quantitative estimate of drug-likeness (QED) is 0.891. The number of nitrogens with one attached hydrogen (secondary N) is 1. The number of halogens is 2. The van der Waals surface area contributed by atoms with E-state index in [1.54, 1.807) is 11.3 Å². The second-order valence-corrected chi connectivity index (χ2v) is 4.63. The van der Waals surface area contributed by atoms with Crippen molar-refractivity contribution in [2.45, 2.75) is 26.1 Å². The third-order valence-corrected chi connectivity index (χ3v) is 3.55.